The van der Waals surface area contributed by atoms with Gasteiger partial charge in [0.15, 0.2) is 0 Å². The molecule has 1 aromatic carbocycles. The summed E-state index contributed by atoms with van der Waals surface area (Å²) in [6, 6.07) is 14.3. The molecule has 1 saturated heterocycles. The number of aromatic nitrogens is 2. The molecule has 1 aliphatic rings. The summed E-state index contributed by atoms with van der Waals surface area (Å²) in [7, 11) is 0. The van der Waals surface area contributed by atoms with Crippen molar-refractivity contribution < 1.29 is 4.79 Å². The predicted molar refractivity (Wildman–Crippen MR) is 114 cm³/mol. The standard InChI is InChI=1S/C22H24N4OS/c1-16-6-8-18(9-7-16)22-24-17(2)19(28-22)15-21(27)26-13-11-25(12-14-26)20-5-3-4-10-23-20/h3-10H,11-15H2,1-2H3. The highest BCUT2D eigenvalue weighted by atomic mass is 32.1. The van der Waals surface area contributed by atoms with Crippen molar-refractivity contribution in [2.45, 2.75) is 20.3 Å². The number of rotatable bonds is 4. The number of aryl methyl sites for hydroxylation is 2. The second-order valence-corrected chi connectivity index (χ2v) is 8.21. The number of hydrogen-bond donors (Lipinski definition) is 0. The van der Waals surface area contributed by atoms with E-state index in [1.165, 1.54) is 5.56 Å². The van der Waals surface area contributed by atoms with E-state index in [1.54, 1.807) is 11.3 Å². The number of benzene rings is 1. The lowest BCUT2D eigenvalue weighted by molar-refractivity contribution is -0.130. The van der Waals surface area contributed by atoms with Crippen LogP contribution in [0, 0.1) is 13.8 Å². The highest BCUT2D eigenvalue weighted by Gasteiger charge is 2.23. The molecule has 0 N–H and O–H groups in total. The zero-order valence-electron chi connectivity index (χ0n) is 16.3. The first kappa shape index (κ1) is 18.6. The van der Waals surface area contributed by atoms with Gasteiger partial charge in [-0.1, -0.05) is 35.9 Å². The van der Waals surface area contributed by atoms with Gasteiger partial charge in [0, 0.05) is 42.8 Å². The van der Waals surface area contributed by atoms with Crippen LogP contribution in [0.2, 0.25) is 0 Å². The second kappa shape index (κ2) is 8.10. The molecule has 0 atom stereocenters. The maximum absolute atomic E-state index is 12.8. The lowest BCUT2D eigenvalue weighted by Crippen LogP contribution is -2.49. The van der Waals surface area contributed by atoms with E-state index < -0.39 is 0 Å². The minimum atomic E-state index is 0.183. The van der Waals surface area contributed by atoms with Crippen LogP contribution in [0.15, 0.2) is 48.7 Å². The van der Waals surface area contributed by atoms with Gasteiger partial charge in [-0.3, -0.25) is 4.79 Å². The summed E-state index contributed by atoms with van der Waals surface area (Å²) in [5.41, 5.74) is 3.31. The number of piperazine rings is 1. The number of amides is 1. The van der Waals surface area contributed by atoms with Gasteiger partial charge in [-0.25, -0.2) is 9.97 Å². The first-order valence-electron chi connectivity index (χ1n) is 9.57. The first-order valence-corrected chi connectivity index (χ1v) is 10.4. The van der Waals surface area contributed by atoms with Crippen molar-refractivity contribution >= 4 is 23.1 Å². The molecule has 28 heavy (non-hydrogen) atoms. The van der Waals surface area contributed by atoms with E-state index >= 15 is 0 Å². The van der Waals surface area contributed by atoms with E-state index in [2.05, 4.69) is 41.1 Å². The molecule has 5 nitrogen and oxygen atoms in total. The number of carbonyl (C=O) groups is 1. The summed E-state index contributed by atoms with van der Waals surface area (Å²) in [5, 5.41) is 0.986. The zero-order chi connectivity index (χ0) is 19.5. The molecule has 144 valence electrons. The third kappa shape index (κ3) is 4.07. The third-order valence-electron chi connectivity index (χ3n) is 5.11. The van der Waals surface area contributed by atoms with Crippen LogP contribution in [0.1, 0.15) is 16.1 Å². The summed E-state index contributed by atoms with van der Waals surface area (Å²) in [5.74, 6) is 1.17. The SMILES string of the molecule is Cc1ccc(-c2nc(C)c(CC(=O)N3CCN(c4ccccn4)CC3)s2)cc1. The lowest BCUT2D eigenvalue weighted by Gasteiger charge is -2.35. The summed E-state index contributed by atoms with van der Waals surface area (Å²) in [4.78, 5) is 27.2. The monoisotopic (exact) mass is 392 g/mol. The maximum Gasteiger partial charge on any atom is 0.228 e. The maximum atomic E-state index is 12.8. The average molecular weight is 393 g/mol. The van der Waals surface area contributed by atoms with E-state index in [0.29, 0.717) is 6.42 Å². The Kier molecular flexibility index (Phi) is 5.39. The third-order valence-corrected chi connectivity index (χ3v) is 6.32. The summed E-state index contributed by atoms with van der Waals surface area (Å²) < 4.78 is 0. The van der Waals surface area contributed by atoms with Gasteiger partial charge in [-0.15, -0.1) is 11.3 Å². The number of hydrogen-bond acceptors (Lipinski definition) is 5. The minimum Gasteiger partial charge on any atom is -0.353 e. The van der Waals surface area contributed by atoms with Gasteiger partial charge < -0.3 is 9.80 Å². The lowest BCUT2D eigenvalue weighted by atomic mass is 10.2. The molecule has 0 aliphatic carbocycles. The van der Waals surface area contributed by atoms with Crippen LogP contribution < -0.4 is 4.90 Å². The fourth-order valence-electron chi connectivity index (χ4n) is 3.39. The van der Waals surface area contributed by atoms with Crippen LogP contribution >= 0.6 is 11.3 Å². The Morgan fingerprint density at radius 2 is 1.79 bits per heavy atom. The van der Waals surface area contributed by atoms with Crippen LogP contribution in [0.3, 0.4) is 0 Å². The van der Waals surface area contributed by atoms with Crippen molar-refractivity contribution in [3.63, 3.8) is 0 Å². The van der Waals surface area contributed by atoms with Gasteiger partial charge in [0.25, 0.3) is 0 Å². The molecule has 4 rings (SSSR count). The molecule has 2 aromatic heterocycles. The smallest absolute Gasteiger partial charge is 0.228 e. The molecule has 1 amide bonds. The highest BCUT2D eigenvalue weighted by molar-refractivity contribution is 7.15. The van der Waals surface area contributed by atoms with E-state index in [1.807, 2.05) is 36.2 Å². The van der Waals surface area contributed by atoms with Crippen molar-refractivity contribution in [1.82, 2.24) is 14.9 Å². The van der Waals surface area contributed by atoms with Gasteiger partial charge in [-0.2, -0.15) is 0 Å². The van der Waals surface area contributed by atoms with Crippen molar-refractivity contribution in [1.29, 1.82) is 0 Å². The summed E-state index contributed by atoms with van der Waals surface area (Å²) in [6.07, 6.45) is 2.24. The van der Waals surface area contributed by atoms with E-state index in [4.69, 9.17) is 4.98 Å². The average Bonchev–Trinajstić information content (AvgIpc) is 3.09. The molecule has 1 fully saturated rings. The zero-order valence-corrected chi connectivity index (χ0v) is 17.1. The Bertz CT molecular complexity index is 944. The largest absolute Gasteiger partial charge is 0.353 e. The molecule has 3 heterocycles. The Morgan fingerprint density at radius 3 is 2.46 bits per heavy atom. The topological polar surface area (TPSA) is 49.3 Å². The quantitative estimate of drug-likeness (QED) is 0.679. The molecule has 0 saturated carbocycles. The first-order chi connectivity index (χ1) is 13.6. The summed E-state index contributed by atoms with van der Waals surface area (Å²) in [6.45, 7) is 7.18. The van der Waals surface area contributed by atoms with E-state index in [9.17, 15) is 4.79 Å². The van der Waals surface area contributed by atoms with Gasteiger partial charge in [0.05, 0.1) is 12.1 Å². The van der Waals surface area contributed by atoms with Crippen molar-refractivity contribution in [3.8, 4) is 10.6 Å². The fourth-order valence-corrected chi connectivity index (χ4v) is 4.45. The van der Waals surface area contributed by atoms with E-state index in [0.717, 1.165) is 53.1 Å². The van der Waals surface area contributed by atoms with Crippen LogP contribution in [0.25, 0.3) is 10.6 Å². The fraction of sp³-hybridized carbons (Fsp3) is 0.318. The minimum absolute atomic E-state index is 0.183. The molecule has 1 aliphatic heterocycles. The molecule has 3 aromatic rings. The number of nitrogens with zero attached hydrogens (tertiary/aromatic N) is 4. The second-order valence-electron chi connectivity index (χ2n) is 7.13. The highest BCUT2D eigenvalue weighted by Crippen LogP contribution is 2.29. The molecule has 0 radical (unpaired) electrons. The van der Waals surface area contributed by atoms with Crippen LogP contribution in [0.4, 0.5) is 5.82 Å². The molecular weight excluding hydrogens is 368 g/mol. The van der Waals surface area contributed by atoms with Crippen molar-refractivity contribution in [3.05, 3.63) is 64.8 Å². The van der Waals surface area contributed by atoms with Gasteiger partial charge in [0.1, 0.15) is 10.8 Å². The Labute approximate surface area is 169 Å². The number of anilines is 1. The Morgan fingerprint density at radius 1 is 1.04 bits per heavy atom. The number of carbonyl (C=O) groups excluding carboxylic acids is 1. The van der Waals surface area contributed by atoms with Crippen molar-refractivity contribution in [2.75, 3.05) is 31.1 Å². The molecule has 0 unspecified atom stereocenters. The van der Waals surface area contributed by atoms with E-state index in [-0.39, 0.29) is 5.91 Å². The van der Waals surface area contributed by atoms with Gasteiger partial charge in [-0.05, 0) is 26.0 Å². The van der Waals surface area contributed by atoms with Gasteiger partial charge in [0.2, 0.25) is 5.91 Å². The van der Waals surface area contributed by atoms with Crippen LogP contribution in [-0.2, 0) is 11.2 Å². The summed E-state index contributed by atoms with van der Waals surface area (Å²) >= 11 is 1.63. The number of pyridine rings is 1. The normalized spacial score (nSPS) is 14.4. The van der Waals surface area contributed by atoms with Crippen LogP contribution in [-0.4, -0.2) is 47.0 Å². The Hall–Kier alpha value is -2.73. The van der Waals surface area contributed by atoms with Crippen LogP contribution in [0.5, 0.6) is 0 Å². The van der Waals surface area contributed by atoms with Gasteiger partial charge >= 0.3 is 0 Å². The van der Waals surface area contributed by atoms with Crippen molar-refractivity contribution in [2.24, 2.45) is 0 Å². The molecular formula is C22H24N4OS. The Balaban J connectivity index is 1.38. The molecule has 6 heteroatoms. The molecule has 0 bridgehead atoms. The predicted octanol–water partition coefficient (Wildman–Crippen LogP) is 3.71. The number of thiazole rings is 1. The molecule has 0 spiro atoms.